The molecule has 7 nitrogen and oxygen atoms in total. The number of alkyl halides is 3. The Morgan fingerprint density at radius 1 is 0.946 bits per heavy atom. The number of hydrogen-bond acceptors (Lipinski definition) is 4. The Morgan fingerprint density at radius 3 is 2.32 bits per heavy atom. The first kappa shape index (κ1) is 23.0. The van der Waals surface area contributed by atoms with Crippen LogP contribution in [0.5, 0.6) is 0 Å². The maximum atomic E-state index is 13.9. The summed E-state index contributed by atoms with van der Waals surface area (Å²) in [5.74, 6) is 0.202. The van der Waals surface area contributed by atoms with E-state index in [0.717, 1.165) is 28.6 Å². The van der Waals surface area contributed by atoms with E-state index >= 15 is 0 Å². The molecule has 0 saturated carbocycles. The van der Waals surface area contributed by atoms with Crippen LogP contribution in [0, 0.1) is 13.8 Å². The van der Waals surface area contributed by atoms with E-state index in [-0.39, 0.29) is 22.7 Å². The maximum Gasteiger partial charge on any atom is 0.418 e. The van der Waals surface area contributed by atoms with E-state index in [2.05, 4.69) is 15.0 Å². The topological polar surface area (TPSA) is 68.3 Å². The number of amides is 1. The van der Waals surface area contributed by atoms with Gasteiger partial charge >= 0.3 is 6.18 Å². The van der Waals surface area contributed by atoms with Crippen LogP contribution >= 0.6 is 0 Å². The van der Waals surface area contributed by atoms with E-state index in [1.54, 1.807) is 33.7 Å². The van der Waals surface area contributed by atoms with Crippen LogP contribution < -0.4 is 0 Å². The van der Waals surface area contributed by atoms with Crippen molar-refractivity contribution in [2.24, 2.45) is 0 Å². The molecule has 0 bridgehead atoms. The first-order chi connectivity index (χ1) is 17.7. The highest BCUT2D eigenvalue weighted by Crippen LogP contribution is 2.39. The predicted octanol–water partition coefficient (Wildman–Crippen LogP) is 5.37. The molecule has 0 aromatic carbocycles. The molecule has 0 atom stereocenters. The van der Waals surface area contributed by atoms with Crippen molar-refractivity contribution in [3.63, 3.8) is 0 Å². The largest absolute Gasteiger partial charge is 0.418 e. The number of nitrogens with zero attached hydrogens (tertiary/aromatic N) is 6. The Labute approximate surface area is 209 Å². The zero-order valence-electron chi connectivity index (χ0n) is 20.0. The van der Waals surface area contributed by atoms with Crippen LogP contribution in [0.4, 0.5) is 13.2 Å². The van der Waals surface area contributed by atoms with Crippen molar-refractivity contribution in [1.82, 2.24) is 28.8 Å². The van der Waals surface area contributed by atoms with Gasteiger partial charge in [0.1, 0.15) is 0 Å². The molecule has 37 heavy (non-hydrogen) atoms. The molecular formula is C27H21F3N6O. The van der Waals surface area contributed by atoms with Crippen molar-refractivity contribution in [3.8, 4) is 17.2 Å². The summed E-state index contributed by atoms with van der Waals surface area (Å²) in [6, 6.07) is 9.36. The summed E-state index contributed by atoms with van der Waals surface area (Å²) in [4.78, 5) is 28.5. The molecule has 0 saturated heterocycles. The number of carbonyl (C=O) groups is 1. The predicted molar refractivity (Wildman–Crippen MR) is 130 cm³/mol. The number of halogens is 3. The van der Waals surface area contributed by atoms with Crippen molar-refractivity contribution in [1.29, 1.82) is 0 Å². The zero-order chi connectivity index (χ0) is 25.9. The van der Waals surface area contributed by atoms with E-state index in [1.807, 2.05) is 36.9 Å². The Balaban J connectivity index is 1.38. The monoisotopic (exact) mass is 502 g/mol. The van der Waals surface area contributed by atoms with Gasteiger partial charge in [0.25, 0.3) is 5.91 Å². The molecule has 0 radical (unpaired) electrons. The van der Waals surface area contributed by atoms with Gasteiger partial charge in [-0.1, -0.05) is 6.07 Å². The van der Waals surface area contributed by atoms with Crippen LogP contribution in [-0.4, -0.2) is 34.7 Å². The van der Waals surface area contributed by atoms with Gasteiger partial charge in [-0.25, -0.2) is 9.97 Å². The molecule has 0 aliphatic carbocycles. The zero-order valence-corrected chi connectivity index (χ0v) is 20.0. The van der Waals surface area contributed by atoms with Crippen molar-refractivity contribution < 1.29 is 18.0 Å². The van der Waals surface area contributed by atoms with E-state index in [4.69, 9.17) is 0 Å². The fourth-order valence-corrected chi connectivity index (χ4v) is 4.91. The number of fused-ring (bicyclic) bond motifs is 2. The molecule has 6 rings (SSSR count). The fourth-order valence-electron chi connectivity index (χ4n) is 4.91. The Hall–Kier alpha value is -4.47. The summed E-state index contributed by atoms with van der Waals surface area (Å²) >= 11 is 0. The maximum absolute atomic E-state index is 13.9. The van der Waals surface area contributed by atoms with Crippen LogP contribution in [0.3, 0.4) is 0 Å². The number of carbonyl (C=O) groups excluding carboxylic acids is 1. The van der Waals surface area contributed by atoms with Gasteiger partial charge in [-0.15, -0.1) is 0 Å². The van der Waals surface area contributed by atoms with Gasteiger partial charge in [-0.3, -0.25) is 14.3 Å². The van der Waals surface area contributed by atoms with Gasteiger partial charge in [0.05, 0.1) is 22.3 Å². The van der Waals surface area contributed by atoms with Gasteiger partial charge in [0, 0.05) is 61.0 Å². The van der Waals surface area contributed by atoms with Crippen molar-refractivity contribution in [3.05, 3.63) is 101 Å². The quantitative estimate of drug-likeness (QED) is 0.333. The van der Waals surface area contributed by atoms with Gasteiger partial charge in [-0.05, 0) is 55.3 Å². The minimum absolute atomic E-state index is 0.148. The highest BCUT2D eigenvalue weighted by Gasteiger charge is 2.37. The molecule has 1 amide bonds. The molecule has 0 N–H and O–H groups in total. The van der Waals surface area contributed by atoms with Crippen LogP contribution in [-0.2, 0) is 19.3 Å². The SMILES string of the molecule is Cc1cc(C)nc(-n2cc3c(c2)CN(C(=O)c2c(-c4ncccc4C(F)(F)F)cn4ccccc24)C3)n1. The van der Waals surface area contributed by atoms with Crippen LogP contribution in [0.2, 0.25) is 0 Å². The number of hydrogen-bond donors (Lipinski definition) is 0. The average molecular weight is 503 g/mol. The van der Waals surface area contributed by atoms with Gasteiger partial charge < -0.3 is 9.30 Å². The minimum Gasteiger partial charge on any atom is -0.330 e. The number of pyridine rings is 2. The molecule has 1 aliphatic rings. The van der Waals surface area contributed by atoms with Crippen molar-refractivity contribution in [2.45, 2.75) is 33.1 Å². The first-order valence-corrected chi connectivity index (χ1v) is 11.6. The van der Waals surface area contributed by atoms with Crippen molar-refractivity contribution in [2.75, 3.05) is 0 Å². The van der Waals surface area contributed by atoms with Gasteiger partial charge in [0.15, 0.2) is 0 Å². The lowest BCUT2D eigenvalue weighted by molar-refractivity contribution is -0.137. The third-order valence-electron chi connectivity index (χ3n) is 6.48. The Morgan fingerprint density at radius 2 is 1.65 bits per heavy atom. The molecule has 0 fully saturated rings. The number of rotatable bonds is 3. The third kappa shape index (κ3) is 3.94. The summed E-state index contributed by atoms with van der Waals surface area (Å²) in [6.45, 7) is 4.45. The molecule has 0 spiro atoms. The molecule has 186 valence electrons. The van der Waals surface area contributed by atoms with Gasteiger partial charge in [0.2, 0.25) is 5.95 Å². The number of aryl methyl sites for hydroxylation is 2. The van der Waals surface area contributed by atoms with E-state index in [9.17, 15) is 18.0 Å². The molecule has 10 heteroatoms. The highest BCUT2D eigenvalue weighted by molar-refractivity contribution is 6.07. The second kappa shape index (κ2) is 8.29. The van der Waals surface area contributed by atoms with Gasteiger partial charge in [-0.2, -0.15) is 13.2 Å². The minimum atomic E-state index is -4.61. The molecule has 0 unspecified atom stereocenters. The molecule has 6 heterocycles. The summed E-state index contributed by atoms with van der Waals surface area (Å²) in [6.07, 6.45) is 3.73. The fraction of sp³-hybridized carbons (Fsp3) is 0.185. The van der Waals surface area contributed by atoms with Crippen LogP contribution in [0.25, 0.3) is 22.7 Å². The van der Waals surface area contributed by atoms with E-state index in [0.29, 0.717) is 24.6 Å². The Kier molecular flexibility index (Phi) is 5.15. The molecular weight excluding hydrogens is 481 g/mol. The molecule has 5 aromatic rings. The lowest BCUT2D eigenvalue weighted by Gasteiger charge is -2.18. The summed E-state index contributed by atoms with van der Waals surface area (Å²) < 4.78 is 45.0. The molecule has 5 aromatic heterocycles. The smallest absolute Gasteiger partial charge is 0.330 e. The second-order valence-corrected chi connectivity index (χ2v) is 9.14. The standard InChI is InChI=1S/C27H21F3N6O/c1-16-10-17(2)33-26(32-16)36-13-18-11-35(12-19(18)14-36)25(37)23-20(15-34-9-4-3-7-22(23)34)24-21(27(28,29)30)6-5-8-31-24/h3-10,13-15H,11-12H2,1-2H3. The van der Waals surface area contributed by atoms with E-state index in [1.165, 1.54) is 18.5 Å². The number of aromatic nitrogens is 5. The van der Waals surface area contributed by atoms with Crippen molar-refractivity contribution >= 4 is 11.4 Å². The summed E-state index contributed by atoms with van der Waals surface area (Å²) in [5.41, 5.74) is 3.31. The highest BCUT2D eigenvalue weighted by atomic mass is 19.4. The molecule has 1 aliphatic heterocycles. The lowest BCUT2D eigenvalue weighted by Crippen LogP contribution is -2.26. The average Bonchev–Trinajstić information content (AvgIpc) is 3.54. The summed E-state index contributed by atoms with van der Waals surface area (Å²) in [5, 5.41) is 0. The first-order valence-electron chi connectivity index (χ1n) is 11.6. The third-order valence-corrected chi connectivity index (χ3v) is 6.48. The van der Waals surface area contributed by atoms with Crippen LogP contribution in [0.1, 0.15) is 38.4 Å². The second-order valence-electron chi connectivity index (χ2n) is 9.14. The van der Waals surface area contributed by atoms with Crippen LogP contribution in [0.15, 0.2) is 67.4 Å². The normalized spacial score (nSPS) is 13.4. The summed E-state index contributed by atoms with van der Waals surface area (Å²) in [7, 11) is 0. The van der Waals surface area contributed by atoms with E-state index < -0.39 is 11.7 Å². The lowest BCUT2D eigenvalue weighted by atomic mass is 10.0. The Bertz CT molecular complexity index is 1640.